The van der Waals surface area contributed by atoms with E-state index in [1.54, 1.807) is 12.1 Å². The van der Waals surface area contributed by atoms with E-state index in [1.807, 2.05) is 27.7 Å². The van der Waals surface area contributed by atoms with Gasteiger partial charge in [0.2, 0.25) is 5.91 Å². The molecule has 0 spiro atoms. The summed E-state index contributed by atoms with van der Waals surface area (Å²) in [5, 5.41) is 11.8. The number of carboxylic acids is 1. The van der Waals surface area contributed by atoms with Gasteiger partial charge in [-0.2, -0.15) is 0 Å². The van der Waals surface area contributed by atoms with E-state index in [9.17, 15) is 9.59 Å². The maximum absolute atomic E-state index is 11.3. The molecule has 0 radical (unpaired) electrons. The molecule has 1 saturated heterocycles. The highest BCUT2D eigenvalue weighted by Crippen LogP contribution is 2.38. The van der Waals surface area contributed by atoms with Gasteiger partial charge in [-0.25, -0.2) is 4.79 Å². The topological polar surface area (TPSA) is 111 Å². The number of hydrogen-bond acceptors (Lipinski definition) is 5. The van der Waals surface area contributed by atoms with Crippen molar-refractivity contribution in [2.75, 3.05) is 12.3 Å². The standard InChI is InChI=1S/C18H25BN2O5/c1-11(22)21-10-14(19-25-17(2,3)18(4,5)26-19)8-12-6-7-13(16(23)24)9-15(12)20/h6-9H,10,20H2,1-5H3,(H,21,22)(H,23,24). The average Bonchev–Trinajstić information content (AvgIpc) is 2.72. The number of aromatic carboxylic acids is 1. The van der Waals surface area contributed by atoms with Crippen LogP contribution >= 0.6 is 0 Å². The van der Waals surface area contributed by atoms with Crippen LogP contribution in [0.15, 0.2) is 23.7 Å². The first-order valence-corrected chi connectivity index (χ1v) is 8.36. The number of carboxylic acid groups (broad SMARTS) is 1. The van der Waals surface area contributed by atoms with Crippen LogP contribution < -0.4 is 11.1 Å². The van der Waals surface area contributed by atoms with E-state index >= 15 is 0 Å². The molecule has 1 aromatic rings. The largest absolute Gasteiger partial charge is 0.492 e. The average molecular weight is 360 g/mol. The summed E-state index contributed by atoms with van der Waals surface area (Å²) in [5.74, 6) is -1.22. The number of carbonyl (C=O) groups is 2. The number of carbonyl (C=O) groups excluding carboxylic acids is 1. The quantitative estimate of drug-likeness (QED) is 0.548. The van der Waals surface area contributed by atoms with Crippen LogP contribution in [0.5, 0.6) is 0 Å². The minimum atomic E-state index is -1.04. The molecule has 26 heavy (non-hydrogen) atoms. The molecular weight excluding hydrogens is 335 g/mol. The summed E-state index contributed by atoms with van der Waals surface area (Å²) in [6.07, 6.45) is 1.76. The van der Waals surface area contributed by atoms with Gasteiger partial charge in [0, 0.05) is 19.2 Å². The molecule has 0 atom stereocenters. The molecule has 7 nitrogen and oxygen atoms in total. The SMILES string of the molecule is CC(=O)NCC(=Cc1ccc(C(=O)O)cc1N)B1OC(C)(C)C(C)(C)O1. The van der Waals surface area contributed by atoms with E-state index in [4.69, 9.17) is 20.1 Å². The Balaban J connectivity index is 2.38. The van der Waals surface area contributed by atoms with Crippen LogP contribution in [-0.2, 0) is 14.1 Å². The molecule has 0 aliphatic carbocycles. The van der Waals surface area contributed by atoms with Crippen LogP contribution in [0.25, 0.3) is 6.08 Å². The zero-order chi connectivity index (χ0) is 19.7. The number of amides is 1. The molecule has 0 saturated carbocycles. The van der Waals surface area contributed by atoms with Gasteiger partial charge in [-0.05, 0) is 50.9 Å². The van der Waals surface area contributed by atoms with Crippen molar-refractivity contribution >= 4 is 30.8 Å². The highest BCUT2D eigenvalue weighted by molar-refractivity contribution is 6.56. The van der Waals surface area contributed by atoms with E-state index in [-0.39, 0.29) is 18.0 Å². The van der Waals surface area contributed by atoms with Crippen LogP contribution in [0.3, 0.4) is 0 Å². The van der Waals surface area contributed by atoms with Gasteiger partial charge < -0.3 is 25.5 Å². The Morgan fingerprint density at radius 2 is 1.81 bits per heavy atom. The number of benzene rings is 1. The molecule has 0 aromatic heterocycles. The first kappa shape index (κ1) is 20.0. The van der Waals surface area contributed by atoms with Crippen molar-refractivity contribution in [3.8, 4) is 0 Å². The van der Waals surface area contributed by atoms with Gasteiger partial charge in [0.1, 0.15) is 0 Å². The lowest BCUT2D eigenvalue weighted by atomic mass is 9.76. The Hall–Kier alpha value is -2.32. The number of nitrogens with one attached hydrogen (secondary N) is 1. The first-order chi connectivity index (χ1) is 11.9. The number of anilines is 1. The van der Waals surface area contributed by atoms with Gasteiger partial charge >= 0.3 is 13.1 Å². The van der Waals surface area contributed by atoms with Crippen molar-refractivity contribution in [3.63, 3.8) is 0 Å². The Bertz CT molecular complexity index is 742. The molecule has 1 aliphatic rings. The van der Waals surface area contributed by atoms with Crippen LogP contribution in [-0.4, -0.2) is 41.8 Å². The van der Waals surface area contributed by atoms with Crippen molar-refractivity contribution in [1.29, 1.82) is 0 Å². The van der Waals surface area contributed by atoms with Gasteiger partial charge in [0.25, 0.3) is 0 Å². The molecule has 140 valence electrons. The summed E-state index contributed by atoms with van der Waals surface area (Å²) < 4.78 is 12.1. The molecule has 8 heteroatoms. The number of nitrogen functional groups attached to an aromatic ring is 1. The lowest BCUT2D eigenvalue weighted by Crippen LogP contribution is -2.41. The van der Waals surface area contributed by atoms with E-state index in [1.165, 1.54) is 19.1 Å². The normalized spacial score (nSPS) is 18.7. The Morgan fingerprint density at radius 1 is 1.23 bits per heavy atom. The van der Waals surface area contributed by atoms with Crippen LogP contribution in [0, 0.1) is 0 Å². The van der Waals surface area contributed by atoms with Gasteiger partial charge in [-0.15, -0.1) is 0 Å². The predicted molar refractivity (Wildman–Crippen MR) is 101 cm³/mol. The van der Waals surface area contributed by atoms with Gasteiger partial charge in [-0.1, -0.05) is 12.1 Å². The third-order valence-electron chi connectivity index (χ3n) is 4.77. The lowest BCUT2D eigenvalue weighted by molar-refractivity contribution is -0.118. The smallest absolute Gasteiger partial charge is 0.478 e. The minimum Gasteiger partial charge on any atom is -0.478 e. The summed E-state index contributed by atoms with van der Waals surface area (Å²) in [6.45, 7) is 9.43. The molecule has 1 heterocycles. The van der Waals surface area contributed by atoms with Gasteiger partial charge in [0.05, 0.1) is 16.8 Å². The number of rotatable bonds is 5. The molecule has 4 N–H and O–H groups in total. The predicted octanol–water partition coefficient (Wildman–Crippen LogP) is 2.12. The molecule has 0 bridgehead atoms. The third kappa shape index (κ3) is 4.26. The summed E-state index contributed by atoms with van der Waals surface area (Å²) in [4.78, 5) is 22.4. The fraction of sp³-hybridized carbons (Fsp3) is 0.444. The third-order valence-corrected chi connectivity index (χ3v) is 4.77. The monoisotopic (exact) mass is 360 g/mol. The van der Waals surface area contributed by atoms with E-state index < -0.39 is 24.3 Å². The number of nitrogens with two attached hydrogens (primary N) is 1. The second-order valence-corrected chi connectivity index (χ2v) is 7.37. The van der Waals surface area contributed by atoms with Crippen molar-refractivity contribution in [1.82, 2.24) is 5.32 Å². The van der Waals surface area contributed by atoms with Crippen molar-refractivity contribution < 1.29 is 24.0 Å². The molecular formula is C18H25BN2O5. The fourth-order valence-electron chi connectivity index (χ4n) is 2.46. The second kappa shape index (κ2) is 7.13. The second-order valence-electron chi connectivity index (χ2n) is 7.37. The van der Waals surface area contributed by atoms with Crippen LogP contribution in [0.4, 0.5) is 5.69 Å². The van der Waals surface area contributed by atoms with Gasteiger partial charge in [-0.3, -0.25) is 4.79 Å². The fourth-order valence-corrected chi connectivity index (χ4v) is 2.46. The maximum atomic E-state index is 11.3. The molecule has 2 rings (SSSR count). The van der Waals surface area contributed by atoms with E-state index in [0.29, 0.717) is 16.7 Å². The Labute approximate surface area is 153 Å². The Morgan fingerprint density at radius 3 is 2.27 bits per heavy atom. The van der Waals surface area contributed by atoms with E-state index in [0.717, 1.165) is 0 Å². The molecule has 0 unspecified atom stereocenters. The number of hydrogen-bond donors (Lipinski definition) is 3. The summed E-state index contributed by atoms with van der Waals surface area (Å²) in [7, 11) is -0.648. The van der Waals surface area contributed by atoms with Crippen molar-refractivity contribution in [3.05, 3.63) is 34.8 Å². The maximum Gasteiger partial charge on any atom is 0.492 e. The zero-order valence-electron chi connectivity index (χ0n) is 15.8. The van der Waals surface area contributed by atoms with Crippen molar-refractivity contribution in [2.24, 2.45) is 0 Å². The summed E-state index contributed by atoms with van der Waals surface area (Å²) in [6, 6.07) is 4.50. The molecule has 1 aliphatic heterocycles. The van der Waals surface area contributed by atoms with Gasteiger partial charge in [0.15, 0.2) is 0 Å². The Kier molecular flexibility index (Phi) is 5.48. The highest BCUT2D eigenvalue weighted by atomic mass is 16.7. The summed E-state index contributed by atoms with van der Waals surface area (Å²) >= 11 is 0. The molecule has 1 amide bonds. The van der Waals surface area contributed by atoms with Crippen LogP contribution in [0.2, 0.25) is 0 Å². The summed E-state index contributed by atoms with van der Waals surface area (Å²) in [5.41, 5.74) is 6.70. The molecule has 1 fully saturated rings. The van der Waals surface area contributed by atoms with Crippen LogP contribution in [0.1, 0.15) is 50.5 Å². The highest BCUT2D eigenvalue weighted by Gasteiger charge is 2.52. The van der Waals surface area contributed by atoms with Crippen molar-refractivity contribution in [2.45, 2.75) is 45.8 Å². The first-order valence-electron chi connectivity index (χ1n) is 8.36. The molecule has 1 aromatic carbocycles. The zero-order valence-corrected chi connectivity index (χ0v) is 15.8. The lowest BCUT2D eigenvalue weighted by Gasteiger charge is -2.32. The van der Waals surface area contributed by atoms with E-state index in [2.05, 4.69) is 5.32 Å². The minimum absolute atomic E-state index is 0.110.